The summed E-state index contributed by atoms with van der Waals surface area (Å²) in [6.45, 7) is 0. The predicted octanol–water partition coefficient (Wildman–Crippen LogP) is 5.19. The van der Waals surface area contributed by atoms with Crippen molar-refractivity contribution in [2.24, 2.45) is 0 Å². The zero-order valence-electron chi connectivity index (χ0n) is 15.9. The Morgan fingerprint density at radius 1 is 0.481 bits per heavy atom. The summed E-state index contributed by atoms with van der Waals surface area (Å²) in [5.41, 5.74) is 2.93. The number of hydrogen-bond donors (Lipinski definition) is 0. The topological polar surface area (TPSA) is 40.2 Å². The van der Waals surface area contributed by atoms with Crippen molar-refractivity contribution in [3.05, 3.63) is 66.7 Å². The molecular weight excluding hydrogens is 342 g/mol. The number of anilines is 3. The Labute approximate surface area is 159 Å². The summed E-state index contributed by atoms with van der Waals surface area (Å²) in [5, 5.41) is 0. The number of hydrogen-bond acceptors (Lipinski definition) is 5. The first-order valence-corrected chi connectivity index (χ1v) is 8.50. The summed E-state index contributed by atoms with van der Waals surface area (Å²) in [4.78, 5) is 2.13. The predicted molar refractivity (Wildman–Crippen MR) is 107 cm³/mol. The van der Waals surface area contributed by atoms with Gasteiger partial charge in [-0.1, -0.05) is 0 Å². The van der Waals surface area contributed by atoms with Crippen LogP contribution in [0.5, 0.6) is 23.0 Å². The van der Waals surface area contributed by atoms with Gasteiger partial charge in [-0.3, -0.25) is 0 Å². The van der Waals surface area contributed by atoms with E-state index in [0.29, 0.717) is 11.5 Å². The minimum atomic E-state index is 0.669. The average molecular weight is 365 g/mol. The van der Waals surface area contributed by atoms with Gasteiger partial charge in [-0.25, -0.2) is 0 Å². The van der Waals surface area contributed by atoms with Crippen LogP contribution in [0.25, 0.3) is 0 Å². The van der Waals surface area contributed by atoms with Crippen molar-refractivity contribution in [1.29, 1.82) is 0 Å². The van der Waals surface area contributed by atoms with Gasteiger partial charge in [0.1, 0.15) is 11.5 Å². The van der Waals surface area contributed by atoms with E-state index in [-0.39, 0.29) is 0 Å². The van der Waals surface area contributed by atoms with Gasteiger partial charge in [0.15, 0.2) is 11.5 Å². The largest absolute Gasteiger partial charge is 0.497 e. The molecule has 27 heavy (non-hydrogen) atoms. The molecule has 140 valence electrons. The maximum atomic E-state index is 5.48. The van der Waals surface area contributed by atoms with Gasteiger partial charge in [0.05, 0.1) is 34.1 Å². The molecule has 0 heterocycles. The molecule has 0 bridgehead atoms. The monoisotopic (exact) mass is 365 g/mol. The van der Waals surface area contributed by atoms with Gasteiger partial charge in [0.2, 0.25) is 0 Å². The van der Waals surface area contributed by atoms with Crippen LogP contribution in [0.2, 0.25) is 0 Å². The first-order valence-electron chi connectivity index (χ1n) is 8.50. The third-order valence-corrected chi connectivity index (χ3v) is 4.29. The second kappa shape index (κ2) is 8.36. The SMILES string of the molecule is COc1ccc(N(c2ccc(OC)cc2)c2ccc(OC)c(OC)c2)cc1. The van der Waals surface area contributed by atoms with Crippen LogP contribution < -0.4 is 23.8 Å². The number of rotatable bonds is 7. The highest BCUT2D eigenvalue weighted by atomic mass is 16.5. The van der Waals surface area contributed by atoms with Gasteiger partial charge < -0.3 is 23.8 Å². The first kappa shape index (κ1) is 18.5. The molecule has 0 saturated heterocycles. The number of benzene rings is 3. The minimum absolute atomic E-state index is 0.669. The number of nitrogens with zero attached hydrogens (tertiary/aromatic N) is 1. The zero-order chi connectivity index (χ0) is 19.2. The van der Waals surface area contributed by atoms with Crippen LogP contribution in [0.4, 0.5) is 17.1 Å². The van der Waals surface area contributed by atoms with Crippen molar-refractivity contribution in [2.45, 2.75) is 0 Å². The normalized spacial score (nSPS) is 10.2. The average Bonchev–Trinajstić information content (AvgIpc) is 2.74. The standard InChI is InChI=1S/C22H23NO4/c1-24-19-10-5-16(6-11-19)23(17-7-12-20(25-2)13-8-17)18-9-14-21(26-3)22(15-18)27-4/h5-15H,1-4H3. The van der Waals surface area contributed by atoms with E-state index >= 15 is 0 Å². The molecule has 0 amide bonds. The first-order chi connectivity index (χ1) is 13.2. The fourth-order valence-corrected chi connectivity index (χ4v) is 2.87. The van der Waals surface area contributed by atoms with Gasteiger partial charge in [-0.15, -0.1) is 0 Å². The highest BCUT2D eigenvalue weighted by molar-refractivity contribution is 5.78. The van der Waals surface area contributed by atoms with E-state index in [0.717, 1.165) is 28.6 Å². The minimum Gasteiger partial charge on any atom is -0.497 e. The van der Waals surface area contributed by atoms with Crippen LogP contribution in [0.1, 0.15) is 0 Å². The summed E-state index contributed by atoms with van der Waals surface area (Å²) < 4.78 is 21.4. The molecule has 3 aromatic carbocycles. The summed E-state index contributed by atoms with van der Waals surface area (Å²) in [6.07, 6.45) is 0. The van der Waals surface area contributed by atoms with E-state index in [1.165, 1.54) is 0 Å². The van der Waals surface area contributed by atoms with Gasteiger partial charge in [0.25, 0.3) is 0 Å². The van der Waals surface area contributed by atoms with Crippen molar-refractivity contribution in [2.75, 3.05) is 33.3 Å². The lowest BCUT2D eigenvalue weighted by Gasteiger charge is -2.26. The van der Waals surface area contributed by atoms with Crippen LogP contribution in [-0.4, -0.2) is 28.4 Å². The second-order valence-corrected chi connectivity index (χ2v) is 5.77. The maximum absolute atomic E-state index is 5.48. The molecule has 0 atom stereocenters. The third kappa shape index (κ3) is 3.92. The van der Waals surface area contributed by atoms with Gasteiger partial charge in [0, 0.05) is 17.4 Å². The fourth-order valence-electron chi connectivity index (χ4n) is 2.87. The lowest BCUT2D eigenvalue weighted by atomic mass is 10.1. The molecule has 0 aromatic heterocycles. The molecule has 0 aliphatic carbocycles. The Morgan fingerprint density at radius 3 is 1.33 bits per heavy atom. The maximum Gasteiger partial charge on any atom is 0.162 e. The Bertz CT molecular complexity index is 828. The van der Waals surface area contributed by atoms with E-state index in [4.69, 9.17) is 18.9 Å². The Hall–Kier alpha value is -3.34. The highest BCUT2D eigenvalue weighted by Gasteiger charge is 2.15. The molecule has 0 saturated carbocycles. The number of methoxy groups -OCH3 is 4. The number of ether oxygens (including phenoxy) is 4. The van der Waals surface area contributed by atoms with Crippen molar-refractivity contribution in [3.8, 4) is 23.0 Å². The summed E-state index contributed by atoms with van der Waals surface area (Å²) >= 11 is 0. The Balaban J connectivity index is 2.10. The highest BCUT2D eigenvalue weighted by Crippen LogP contribution is 2.40. The molecule has 5 heteroatoms. The quantitative estimate of drug-likeness (QED) is 0.576. The zero-order valence-corrected chi connectivity index (χ0v) is 15.9. The lowest BCUT2D eigenvalue weighted by molar-refractivity contribution is 0.355. The molecule has 0 aliphatic rings. The summed E-state index contributed by atoms with van der Waals surface area (Å²) in [7, 11) is 6.57. The molecule has 0 N–H and O–H groups in total. The smallest absolute Gasteiger partial charge is 0.162 e. The summed E-state index contributed by atoms with van der Waals surface area (Å²) in [5.74, 6) is 2.97. The third-order valence-electron chi connectivity index (χ3n) is 4.29. The van der Waals surface area contributed by atoms with Crippen LogP contribution in [0, 0.1) is 0 Å². The molecule has 3 aromatic rings. The molecule has 0 unspecified atom stereocenters. The molecule has 3 rings (SSSR count). The van der Waals surface area contributed by atoms with E-state index in [9.17, 15) is 0 Å². The van der Waals surface area contributed by atoms with Crippen molar-refractivity contribution < 1.29 is 18.9 Å². The lowest BCUT2D eigenvalue weighted by Crippen LogP contribution is -2.10. The van der Waals surface area contributed by atoms with Crippen LogP contribution in [0.15, 0.2) is 66.7 Å². The molecule has 0 radical (unpaired) electrons. The second-order valence-electron chi connectivity index (χ2n) is 5.77. The Morgan fingerprint density at radius 2 is 0.926 bits per heavy atom. The fraction of sp³-hybridized carbons (Fsp3) is 0.182. The van der Waals surface area contributed by atoms with Crippen LogP contribution in [0.3, 0.4) is 0 Å². The van der Waals surface area contributed by atoms with Crippen molar-refractivity contribution in [3.63, 3.8) is 0 Å². The molecule has 0 fully saturated rings. The van der Waals surface area contributed by atoms with E-state index in [1.54, 1.807) is 28.4 Å². The van der Waals surface area contributed by atoms with Crippen molar-refractivity contribution >= 4 is 17.1 Å². The molecule has 0 aliphatic heterocycles. The molecular formula is C22H23NO4. The molecule has 0 spiro atoms. The van der Waals surface area contributed by atoms with Crippen LogP contribution >= 0.6 is 0 Å². The summed E-state index contributed by atoms with van der Waals surface area (Å²) in [6, 6.07) is 21.6. The van der Waals surface area contributed by atoms with Gasteiger partial charge in [-0.2, -0.15) is 0 Å². The van der Waals surface area contributed by atoms with Crippen molar-refractivity contribution in [1.82, 2.24) is 0 Å². The van der Waals surface area contributed by atoms with E-state index < -0.39 is 0 Å². The Kier molecular flexibility index (Phi) is 5.71. The van der Waals surface area contributed by atoms with E-state index in [2.05, 4.69) is 4.90 Å². The van der Waals surface area contributed by atoms with Crippen LogP contribution in [-0.2, 0) is 0 Å². The van der Waals surface area contributed by atoms with E-state index in [1.807, 2.05) is 66.7 Å². The van der Waals surface area contributed by atoms with Gasteiger partial charge >= 0.3 is 0 Å². The molecule has 5 nitrogen and oxygen atoms in total. The van der Waals surface area contributed by atoms with Gasteiger partial charge in [-0.05, 0) is 60.7 Å².